The van der Waals surface area contributed by atoms with E-state index in [0.29, 0.717) is 0 Å². The molecule has 0 aliphatic carbocycles. The maximum Gasteiger partial charge on any atom is 0.335 e. The number of amides is 2. The molecule has 0 atom stereocenters. The molecule has 0 radical (unpaired) electrons. The molecule has 132 valence electrons. The van der Waals surface area contributed by atoms with Gasteiger partial charge in [0.2, 0.25) is 0 Å². The van der Waals surface area contributed by atoms with Gasteiger partial charge in [-0.3, -0.25) is 14.4 Å². The molecular formula is C18H13NO7. The predicted molar refractivity (Wildman–Crippen MR) is 88.8 cm³/mol. The minimum atomic E-state index is -1.20. The molecule has 26 heavy (non-hydrogen) atoms. The summed E-state index contributed by atoms with van der Waals surface area (Å²) in [5.74, 6) is -2.73. The normalized spacial score (nSPS) is 12.8. The second kappa shape index (κ2) is 6.32. The summed E-state index contributed by atoms with van der Waals surface area (Å²) < 4.78 is 10.1. The first-order chi connectivity index (χ1) is 12.3. The molecule has 0 saturated carbocycles. The standard InChI is InChI=1S/C18H13NO7/c1-9(20)26-15-8-11(4-6-14(15)25-2)19-16(21)12-5-3-10(18(23)24)7-13(12)17(19)22/h3-8H,1-2H3,(H,23,24). The molecule has 0 aromatic heterocycles. The Morgan fingerprint density at radius 3 is 2.27 bits per heavy atom. The van der Waals surface area contributed by atoms with Crippen LogP contribution in [-0.4, -0.2) is 36.0 Å². The maximum atomic E-state index is 12.6. The zero-order chi connectivity index (χ0) is 19.0. The number of fused-ring (bicyclic) bond motifs is 1. The quantitative estimate of drug-likeness (QED) is 0.508. The number of carboxylic acid groups (broad SMARTS) is 1. The fourth-order valence-corrected chi connectivity index (χ4v) is 2.65. The summed E-state index contributed by atoms with van der Waals surface area (Å²) >= 11 is 0. The summed E-state index contributed by atoms with van der Waals surface area (Å²) in [4.78, 5) is 48.5. The van der Waals surface area contributed by atoms with E-state index in [9.17, 15) is 19.2 Å². The summed E-state index contributed by atoms with van der Waals surface area (Å²) in [5, 5.41) is 9.06. The van der Waals surface area contributed by atoms with Gasteiger partial charge in [0.05, 0.1) is 29.5 Å². The van der Waals surface area contributed by atoms with E-state index >= 15 is 0 Å². The highest BCUT2D eigenvalue weighted by Gasteiger charge is 2.37. The fraction of sp³-hybridized carbons (Fsp3) is 0.111. The van der Waals surface area contributed by atoms with Crippen molar-refractivity contribution in [1.82, 2.24) is 0 Å². The van der Waals surface area contributed by atoms with E-state index in [0.717, 1.165) is 11.0 Å². The lowest BCUT2D eigenvalue weighted by molar-refractivity contribution is -0.132. The maximum absolute atomic E-state index is 12.6. The zero-order valence-corrected chi connectivity index (χ0v) is 13.8. The Hall–Kier alpha value is -3.68. The van der Waals surface area contributed by atoms with Gasteiger partial charge in [-0.05, 0) is 30.3 Å². The molecule has 2 aromatic rings. The average molecular weight is 355 g/mol. The number of hydrogen-bond acceptors (Lipinski definition) is 6. The Morgan fingerprint density at radius 1 is 0.962 bits per heavy atom. The van der Waals surface area contributed by atoms with E-state index in [4.69, 9.17) is 14.6 Å². The molecule has 8 nitrogen and oxygen atoms in total. The van der Waals surface area contributed by atoms with Crippen LogP contribution >= 0.6 is 0 Å². The summed E-state index contributed by atoms with van der Waals surface area (Å²) in [6.45, 7) is 1.21. The van der Waals surface area contributed by atoms with Crippen LogP contribution in [0, 0.1) is 0 Å². The van der Waals surface area contributed by atoms with E-state index in [1.165, 1.54) is 44.4 Å². The number of nitrogens with zero attached hydrogens (tertiary/aromatic N) is 1. The number of carbonyl (C=O) groups is 4. The zero-order valence-electron chi connectivity index (χ0n) is 13.8. The summed E-state index contributed by atoms with van der Waals surface area (Å²) in [5.41, 5.74) is 0.178. The van der Waals surface area contributed by atoms with Gasteiger partial charge in [0, 0.05) is 13.0 Å². The van der Waals surface area contributed by atoms with Crippen molar-refractivity contribution in [2.45, 2.75) is 6.92 Å². The molecule has 0 saturated heterocycles. The Kier molecular flexibility index (Phi) is 4.17. The average Bonchev–Trinajstić information content (AvgIpc) is 2.85. The van der Waals surface area contributed by atoms with Crippen molar-refractivity contribution >= 4 is 29.4 Å². The number of anilines is 1. The molecule has 1 aliphatic rings. The number of carboxylic acids is 1. The number of rotatable bonds is 4. The van der Waals surface area contributed by atoms with Crippen LogP contribution in [0.4, 0.5) is 5.69 Å². The Balaban J connectivity index is 2.05. The SMILES string of the molecule is COc1ccc(N2C(=O)c3ccc(C(=O)O)cc3C2=O)cc1OC(C)=O. The lowest BCUT2D eigenvalue weighted by atomic mass is 10.1. The van der Waals surface area contributed by atoms with Gasteiger partial charge in [-0.15, -0.1) is 0 Å². The third kappa shape index (κ3) is 2.77. The van der Waals surface area contributed by atoms with Crippen LogP contribution in [0.25, 0.3) is 0 Å². The molecule has 8 heteroatoms. The van der Waals surface area contributed by atoms with Crippen molar-refractivity contribution in [2.75, 3.05) is 12.0 Å². The van der Waals surface area contributed by atoms with Crippen LogP contribution in [0.2, 0.25) is 0 Å². The Bertz CT molecular complexity index is 964. The summed E-state index contributed by atoms with van der Waals surface area (Å²) in [6.07, 6.45) is 0. The lowest BCUT2D eigenvalue weighted by Crippen LogP contribution is -2.29. The minimum Gasteiger partial charge on any atom is -0.493 e. The van der Waals surface area contributed by atoms with E-state index in [-0.39, 0.29) is 33.9 Å². The molecule has 2 aromatic carbocycles. The molecule has 0 unspecified atom stereocenters. The summed E-state index contributed by atoms with van der Waals surface area (Å²) in [7, 11) is 1.39. The number of esters is 1. The Morgan fingerprint density at radius 2 is 1.65 bits per heavy atom. The van der Waals surface area contributed by atoms with Crippen LogP contribution in [0.5, 0.6) is 11.5 Å². The highest BCUT2D eigenvalue weighted by atomic mass is 16.6. The number of aromatic carboxylic acids is 1. The van der Waals surface area contributed by atoms with Crippen molar-refractivity contribution in [3.05, 3.63) is 53.1 Å². The fourth-order valence-electron chi connectivity index (χ4n) is 2.65. The second-order valence-corrected chi connectivity index (χ2v) is 5.44. The number of hydrogen-bond donors (Lipinski definition) is 1. The van der Waals surface area contributed by atoms with Crippen molar-refractivity contribution in [2.24, 2.45) is 0 Å². The first-order valence-electron chi connectivity index (χ1n) is 7.46. The van der Waals surface area contributed by atoms with Crippen molar-refractivity contribution in [3.63, 3.8) is 0 Å². The third-order valence-electron chi connectivity index (χ3n) is 3.79. The molecule has 1 aliphatic heterocycles. The number of carbonyl (C=O) groups excluding carboxylic acids is 3. The van der Waals surface area contributed by atoms with Gasteiger partial charge in [-0.1, -0.05) is 0 Å². The number of methoxy groups -OCH3 is 1. The van der Waals surface area contributed by atoms with Crippen molar-refractivity contribution in [3.8, 4) is 11.5 Å². The molecule has 1 N–H and O–H groups in total. The van der Waals surface area contributed by atoms with Crippen LogP contribution in [0.3, 0.4) is 0 Å². The van der Waals surface area contributed by atoms with E-state index < -0.39 is 23.8 Å². The van der Waals surface area contributed by atoms with Crippen LogP contribution < -0.4 is 14.4 Å². The van der Waals surface area contributed by atoms with E-state index in [1.807, 2.05) is 0 Å². The lowest BCUT2D eigenvalue weighted by Gasteiger charge is -2.16. The topological polar surface area (TPSA) is 110 Å². The van der Waals surface area contributed by atoms with Gasteiger partial charge in [0.25, 0.3) is 11.8 Å². The molecule has 2 amide bonds. The molecule has 1 heterocycles. The first kappa shape index (κ1) is 17.2. The van der Waals surface area contributed by atoms with Gasteiger partial charge >= 0.3 is 11.9 Å². The third-order valence-corrected chi connectivity index (χ3v) is 3.79. The van der Waals surface area contributed by atoms with Crippen LogP contribution in [0.1, 0.15) is 38.0 Å². The van der Waals surface area contributed by atoms with Gasteiger partial charge in [-0.2, -0.15) is 0 Å². The first-order valence-corrected chi connectivity index (χ1v) is 7.46. The van der Waals surface area contributed by atoms with Gasteiger partial charge in [-0.25, -0.2) is 9.69 Å². The Labute approximate surface area is 147 Å². The monoisotopic (exact) mass is 355 g/mol. The van der Waals surface area contributed by atoms with Gasteiger partial charge in [0.1, 0.15) is 0 Å². The largest absolute Gasteiger partial charge is 0.493 e. The minimum absolute atomic E-state index is 0.000227. The highest BCUT2D eigenvalue weighted by Crippen LogP contribution is 2.35. The highest BCUT2D eigenvalue weighted by molar-refractivity contribution is 6.34. The van der Waals surface area contributed by atoms with Gasteiger partial charge in [0.15, 0.2) is 11.5 Å². The molecule has 0 bridgehead atoms. The number of ether oxygens (including phenoxy) is 2. The molecule has 0 fully saturated rings. The predicted octanol–water partition coefficient (Wildman–Crippen LogP) is 2.12. The van der Waals surface area contributed by atoms with Crippen LogP contribution in [-0.2, 0) is 4.79 Å². The number of benzene rings is 2. The van der Waals surface area contributed by atoms with E-state index in [1.54, 1.807) is 0 Å². The van der Waals surface area contributed by atoms with Gasteiger partial charge < -0.3 is 14.6 Å². The summed E-state index contributed by atoms with van der Waals surface area (Å²) in [6, 6.07) is 7.98. The molecule has 0 spiro atoms. The number of imide groups is 1. The second-order valence-electron chi connectivity index (χ2n) is 5.44. The van der Waals surface area contributed by atoms with Crippen LogP contribution in [0.15, 0.2) is 36.4 Å². The molecule has 3 rings (SSSR count). The van der Waals surface area contributed by atoms with Crippen molar-refractivity contribution < 1.29 is 33.8 Å². The van der Waals surface area contributed by atoms with E-state index in [2.05, 4.69) is 0 Å². The van der Waals surface area contributed by atoms with Crippen molar-refractivity contribution in [1.29, 1.82) is 0 Å². The smallest absolute Gasteiger partial charge is 0.335 e. The molecular weight excluding hydrogens is 342 g/mol.